The summed E-state index contributed by atoms with van der Waals surface area (Å²) in [6.45, 7) is 1.49. The van der Waals surface area contributed by atoms with Gasteiger partial charge < -0.3 is 9.84 Å². The summed E-state index contributed by atoms with van der Waals surface area (Å²) in [6.07, 6.45) is 3.53. The normalized spacial score (nSPS) is 39.0. The fourth-order valence-corrected chi connectivity index (χ4v) is 4.44. The Bertz CT molecular complexity index is 733. The number of carbonyl (C=O) groups is 2. The van der Waals surface area contributed by atoms with E-state index in [1.54, 1.807) is 25.1 Å². The molecule has 1 aromatic rings. The molecule has 114 valence electrons. The number of halogens is 1. The van der Waals surface area contributed by atoms with Crippen LogP contribution in [0, 0.1) is 15.4 Å². The number of aliphatic hydroxyl groups is 1. The highest BCUT2D eigenvalue weighted by Gasteiger charge is 2.72. The van der Waals surface area contributed by atoms with Crippen molar-refractivity contribution in [1.29, 1.82) is 0 Å². The van der Waals surface area contributed by atoms with Crippen LogP contribution < -0.4 is 4.90 Å². The fourth-order valence-electron chi connectivity index (χ4n) is 3.91. The van der Waals surface area contributed by atoms with Crippen LogP contribution in [0.25, 0.3) is 0 Å². The fraction of sp³-hybridized carbons (Fsp3) is 0.375. The summed E-state index contributed by atoms with van der Waals surface area (Å²) < 4.78 is 6.83. The van der Waals surface area contributed by atoms with Gasteiger partial charge in [-0.05, 0) is 47.7 Å². The van der Waals surface area contributed by atoms with Gasteiger partial charge in [-0.15, -0.1) is 0 Å². The van der Waals surface area contributed by atoms with E-state index < -0.39 is 23.0 Å². The third-order valence-electron chi connectivity index (χ3n) is 4.87. The predicted octanol–water partition coefficient (Wildman–Crippen LogP) is 1.49. The van der Waals surface area contributed by atoms with Gasteiger partial charge in [-0.25, -0.2) is 4.90 Å². The molecular formula is C16H14INO4. The largest absolute Gasteiger partial charge is 0.393 e. The van der Waals surface area contributed by atoms with Crippen LogP contribution in [0.5, 0.6) is 0 Å². The van der Waals surface area contributed by atoms with E-state index in [1.165, 1.54) is 4.90 Å². The number of imide groups is 1. The number of aliphatic hydroxyl groups excluding tert-OH is 1. The summed E-state index contributed by atoms with van der Waals surface area (Å²) in [6, 6.07) is 7.28. The Morgan fingerprint density at radius 3 is 2.68 bits per heavy atom. The molecule has 0 saturated carbocycles. The molecule has 1 N–H and O–H groups in total. The maximum Gasteiger partial charge on any atom is 0.241 e. The summed E-state index contributed by atoms with van der Waals surface area (Å²) >= 11 is 2.15. The average Bonchev–Trinajstić information content (AvgIpc) is 3.05. The summed E-state index contributed by atoms with van der Waals surface area (Å²) in [5, 5.41) is 9.75. The van der Waals surface area contributed by atoms with E-state index in [1.807, 2.05) is 18.2 Å². The van der Waals surface area contributed by atoms with Crippen molar-refractivity contribution < 1.29 is 19.4 Å². The molecule has 6 heteroatoms. The molecule has 2 bridgehead atoms. The minimum absolute atomic E-state index is 0.251. The molecule has 5 nitrogen and oxygen atoms in total. The van der Waals surface area contributed by atoms with Crippen LogP contribution >= 0.6 is 22.6 Å². The van der Waals surface area contributed by atoms with Gasteiger partial charge in [-0.1, -0.05) is 18.2 Å². The van der Waals surface area contributed by atoms with Gasteiger partial charge in [0.25, 0.3) is 0 Å². The SMILES string of the molecule is C[C@@]12C=C[C@@](CO)(O1)[C@@H]1C(=O)N(c3cccc(I)c3)C(=O)[C@H]12. The summed E-state index contributed by atoms with van der Waals surface area (Å²) in [5.74, 6) is -1.77. The first-order chi connectivity index (χ1) is 10.4. The number of benzene rings is 1. The van der Waals surface area contributed by atoms with E-state index in [-0.39, 0.29) is 18.4 Å². The monoisotopic (exact) mass is 411 g/mol. The Balaban J connectivity index is 1.82. The van der Waals surface area contributed by atoms with E-state index in [4.69, 9.17) is 4.74 Å². The summed E-state index contributed by atoms with van der Waals surface area (Å²) in [4.78, 5) is 27.0. The van der Waals surface area contributed by atoms with Gasteiger partial charge >= 0.3 is 0 Å². The lowest BCUT2D eigenvalue weighted by molar-refractivity contribution is -0.131. The van der Waals surface area contributed by atoms with Crippen LogP contribution in [-0.2, 0) is 14.3 Å². The van der Waals surface area contributed by atoms with Crippen LogP contribution in [0.1, 0.15) is 6.92 Å². The molecule has 2 amide bonds. The molecule has 0 spiro atoms. The molecule has 4 rings (SSSR count). The van der Waals surface area contributed by atoms with Gasteiger partial charge in [0.1, 0.15) is 5.60 Å². The van der Waals surface area contributed by atoms with Crippen molar-refractivity contribution in [1.82, 2.24) is 0 Å². The minimum atomic E-state index is -1.07. The van der Waals surface area contributed by atoms with Crippen molar-refractivity contribution in [2.24, 2.45) is 11.8 Å². The molecule has 3 aliphatic rings. The van der Waals surface area contributed by atoms with Crippen LogP contribution in [0.3, 0.4) is 0 Å². The number of hydrogen-bond donors (Lipinski definition) is 1. The van der Waals surface area contributed by atoms with Gasteiger partial charge in [0.05, 0.1) is 29.7 Å². The van der Waals surface area contributed by atoms with Gasteiger partial charge in [0.2, 0.25) is 11.8 Å². The Morgan fingerprint density at radius 2 is 2.00 bits per heavy atom. The summed E-state index contributed by atoms with van der Waals surface area (Å²) in [7, 11) is 0. The molecule has 3 heterocycles. The second-order valence-electron chi connectivity index (χ2n) is 6.18. The van der Waals surface area contributed by atoms with Crippen molar-refractivity contribution in [2.75, 3.05) is 11.5 Å². The first-order valence-electron chi connectivity index (χ1n) is 7.07. The van der Waals surface area contributed by atoms with Crippen molar-refractivity contribution in [3.63, 3.8) is 0 Å². The molecule has 22 heavy (non-hydrogen) atoms. The van der Waals surface area contributed by atoms with Crippen LogP contribution in [0.4, 0.5) is 5.69 Å². The molecule has 0 aromatic heterocycles. The minimum Gasteiger partial charge on any atom is -0.393 e. The van der Waals surface area contributed by atoms with E-state index in [0.29, 0.717) is 5.69 Å². The first kappa shape index (κ1) is 14.3. The third kappa shape index (κ3) is 1.60. The quantitative estimate of drug-likeness (QED) is 0.455. The predicted molar refractivity (Wildman–Crippen MR) is 87.1 cm³/mol. The Morgan fingerprint density at radius 1 is 1.27 bits per heavy atom. The Kier molecular flexibility index (Phi) is 2.87. The average molecular weight is 411 g/mol. The van der Waals surface area contributed by atoms with E-state index in [2.05, 4.69) is 22.6 Å². The van der Waals surface area contributed by atoms with Crippen molar-refractivity contribution in [3.8, 4) is 0 Å². The molecule has 2 saturated heterocycles. The van der Waals surface area contributed by atoms with Crippen LogP contribution in [0.2, 0.25) is 0 Å². The van der Waals surface area contributed by atoms with Gasteiger partial charge in [-0.2, -0.15) is 0 Å². The Labute approximate surface area is 141 Å². The lowest BCUT2D eigenvalue weighted by atomic mass is 9.73. The van der Waals surface area contributed by atoms with E-state index in [0.717, 1.165) is 3.57 Å². The standard InChI is InChI=1S/C16H14INO4/c1-15-5-6-16(8-19,22-15)12-11(15)13(20)18(14(12)21)10-4-2-3-9(17)7-10/h2-7,11-12,19H,8H2,1H3/t11-,12-,15-,16-/m0/s1. The van der Waals surface area contributed by atoms with Crippen molar-refractivity contribution >= 4 is 40.1 Å². The molecule has 0 aliphatic carbocycles. The second-order valence-corrected chi connectivity index (χ2v) is 7.43. The highest BCUT2D eigenvalue weighted by molar-refractivity contribution is 14.1. The van der Waals surface area contributed by atoms with E-state index in [9.17, 15) is 14.7 Å². The maximum absolute atomic E-state index is 12.9. The Hall–Kier alpha value is -1.25. The van der Waals surface area contributed by atoms with Gasteiger partial charge in [0.15, 0.2) is 0 Å². The number of anilines is 1. The first-order valence-corrected chi connectivity index (χ1v) is 8.14. The van der Waals surface area contributed by atoms with Crippen LogP contribution in [0.15, 0.2) is 36.4 Å². The lowest BCUT2D eigenvalue weighted by Gasteiger charge is -2.27. The zero-order chi connectivity index (χ0) is 15.7. The third-order valence-corrected chi connectivity index (χ3v) is 5.54. The summed E-state index contributed by atoms with van der Waals surface area (Å²) in [5.41, 5.74) is -1.31. The number of hydrogen-bond acceptors (Lipinski definition) is 4. The van der Waals surface area contributed by atoms with Crippen molar-refractivity contribution in [2.45, 2.75) is 18.1 Å². The van der Waals surface area contributed by atoms with Gasteiger partial charge in [0, 0.05) is 3.57 Å². The zero-order valence-electron chi connectivity index (χ0n) is 11.8. The number of fused-ring (bicyclic) bond motifs is 5. The lowest BCUT2D eigenvalue weighted by Crippen LogP contribution is -2.43. The molecule has 0 radical (unpaired) electrons. The smallest absolute Gasteiger partial charge is 0.241 e. The molecule has 1 aromatic carbocycles. The molecule has 4 atom stereocenters. The number of amides is 2. The van der Waals surface area contributed by atoms with Gasteiger partial charge in [-0.3, -0.25) is 9.59 Å². The zero-order valence-corrected chi connectivity index (χ0v) is 14.0. The number of rotatable bonds is 2. The highest BCUT2D eigenvalue weighted by atomic mass is 127. The maximum atomic E-state index is 12.9. The topological polar surface area (TPSA) is 66.8 Å². The van der Waals surface area contributed by atoms with Crippen molar-refractivity contribution in [3.05, 3.63) is 40.0 Å². The second kappa shape index (κ2) is 4.39. The molecule has 0 unspecified atom stereocenters. The molecule has 3 aliphatic heterocycles. The van der Waals surface area contributed by atoms with E-state index >= 15 is 0 Å². The number of nitrogens with zero attached hydrogens (tertiary/aromatic N) is 1. The molecule has 2 fully saturated rings. The molecular weight excluding hydrogens is 397 g/mol. The number of ether oxygens (including phenoxy) is 1. The highest BCUT2D eigenvalue weighted by Crippen LogP contribution is 2.57. The van der Waals surface area contributed by atoms with Crippen LogP contribution in [-0.4, -0.2) is 34.7 Å². The number of carbonyl (C=O) groups excluding carboxylic acids is 2.